The molecule has 2 aromatic rings. The zero-order chi connectivity index (χ0) is 21.3. The molecule has 1 saturated heterocycles. The maximum absolute atomic E-state index is 12.4. The number of amides is 2. The first-order chi connectivity index (χ1) is 14.5. The fraction of sp³-hybridized carbons (Fsp3) is 0.417. The molecule has 0 N–H and O–H groups in total. The number of carbonyl (C=O) groups is 2. The van der Waals surface area contributed by atoms with E-state index in [4.69, 9.17) is 9.47 Å². The van der Waals surface area contributed by atoms with E-state index in [-0.39, 0.29) is 18.4 Å². The minimum absolute atomic E-state index is 0.0211. The number of carbonyl (C=O) groups excluding carboxylic acids is 2. The molecule has 1 aliphatic heterocycles. The van der Waals surface area contributed by atoms with Gasteiger partial charge in [0.2, 0.25) is 5.91 Å². The van der Waals surface area contributed by atoms with Gasteiger partial charge in [-0.25, -0.2) is 0 Å². The molecule has 160 valence electrons. The fourth-order valence-electron chi connectivity index (χ4n) is 3.33. The van der Waals surface area contributed by atoms with Crippen LogP contribution in [0.5, 0.6) is 11.5 Å². The maximum atomic E-state index is 12.4. The van der Waals surface area contributed by atoms with Crippen molar-refractivity contribution in [1.29, 1.82) is 0 Å². The first kappa shape index (κ1) is 21.7. The summed E-state index contributed by atoms with van der Waals surface area (Å²) in [6, 6.07) is 15.4. The monoisotopic (exact) mass is 410 g/mol. The van der Waals surface area contributed by atoms with Gasteiger partial charge in [-0.2, -0.15) is 0 Å². The predicted molar refractivity (Wildman–Crippen MR) is 116 cm³/mol. The molecule has 0 unspecified atom stereocenters. The number of piperazine rings is 1. The van der Waals surface area contributed by atoms with Crippen LogP contribution in [0.4, 0.5) is 0 Å². The van der Waals surface area contributed by atoms with Crippen molar-refractivity contribution in [2.75, 3.05) is 39.4 Å². The lowest BCUT2D eigenvalue weighted by Gasteiger charge is -2.34. The number of hydrogen-bond donors (Lipinski definition) is 0. The van der Waals surface area contributed by atoms with Crippen LogP contribution in [0, 0.1) is 13.8 Å². The van der Waals surface area contributed by atoms with Crippen LogP contribution in [0.3, 0.4) is 0 Å². The molecule has 3 rings (SSSR count). The topological polar surface area (TPSA) is 59.1 Å². The van der Waals surface area contributed by atoms with E-state index < -0.39 is 0 Å². The highest BCUT2D eigenvalue weighted by atomic mass is 16.5. The quantitative estimate of drug-likeness (QED) is 0.627. The third kappa shape index (κ3) is 6.24. The molecule has 1 aliphatic rings. The normalized spacial score (nSPS) is 13.8. The Hall–Kier alpha value is -3.02. The van der Waals surface area contributed by atoms with Crippen LogP contribution >= 0.6 is 0 Å². The molecule has 6 nitrogen and oxygen atoms in total. The maximum Gasteiger partial charge on any atom is 0.260 e. The molecule has 1 heterocycles. The highest BCUT2D eigenvalue weighted by Gasteiger charge is 2.24. The third-order valence-electron chi connectivity index (χ3n) is 5.37. The summed E-state index contributed by atoms with van der Waals surface area (Å²) in [6.07, 6.45) is 1.13. The largest absolute Gasteiger partial charge is 0.494 e. The Balaban J connectivity index is 1.33. The van der Waals surface area contributed by atoms with Crippen LogP contribution in [0.25, 0.3) is 0 Å². The molecule has 6 heteroatoms. The van der Waals surface area contributed by atoms with E-state index in [2.05, 4.69) is 0 Å². The van der Waals surface area contributed by atoms with Crippen molar-refractivity contribution >= 4 is 11.8 Å². The van der Waals surface area contributed by atoms with Crippen molar-refractivity contribution in [2.45, 2.75) is 26.7 Å². The molecule has 1 fully saturated rings. The van der Waals surface area contributed by atoms with Crippen LogP contribution in [0.1, 0.15) is 24.0 Å². The molecule has 0 atom stereocenters. The SMILES string of the molecule is Cc1ccc(OCC(=O)N2CCN(C(=O)CCCOc3ccccc3)CC2)cc1C. The highest BCUT2D eigenvalue weighted by molar-refractivity contribution is 5.79. The summed E-state index contributed by atoms with van der Waals surface area (Å²) in [4.78, 5) is 28.4. The zero-order valence-corrected chi connectivity index (χ0v) is 17.8. The highest BCUT2D eigenvalue weighted by Crippen LogP contribution is 2.16. The van der Waals surface area contributed by atoms with Gasteiger partial charge in [-0.15, -0.1) is 0 Å². The van der Waals surface area contributed by atoms with E-state index in [0.717, 1.165) is 11.3 Å². The van der Waals surface area contributed by atoms with Crippen molar-refractivity contribution in [2.24, 2.45) is 0 Å². The molecule has 30 heavy (non-hydrogen) atoms. The zero-order valence-electron chi connectivity index (χ0n) is 17.8. The average Bonchev–Trinajstić information content (AvgIpc) is 2.78. The number of rotatable bonds is 8. The van der Waals surface area contributed by atoms with Gasteiger partial charge in [-0.05, 0) is 55.7 Å². The summed E-state index contributed by atoms with van der Waals surface area (Å²) in [7, 11) is 0. The Kier molecular flexibility index (Phi) is 7.71. The molecule has 0 radical (unpaired) electrons. The second-order valence-corrected chi connectivity index (χ2v) is 7.56. The van der Waals surface area contributed by atoms with Crippen LogP contribution in [-0.2, 0) is 9.59 Å². The summed E-state index contributed by atoms with van der Waals surface area (Å²) >= 11 is 0. The van der Waals surface area contributed by atoms with Gasteiger partial charge in [0.05, 0.1) is 6.61 Å². The summed E-state index contributed by atoms with van der Waals surface area (Å²) in [5.41, 5.74) is 2.34. The van der Waals surface area contributed by atoms with Crippen molar-refractivity contribution in [1.82, 2.24) is 9.80 Å². The lowest BCUT2D eigenvalue weighted by atomic mass is 10.1. The lowest BCUT2D eigenvalue weighted by Crippen LogP contribution is -2.51. The van der Waals surface area contributed by atoms with Crippen molar-refractivity contribution < 1.29 is 19.1 Å². The second kappa shape index (κ2) is 10.7. The summed E-state index contributed by atoms with van der Waals surface area (Å²) in [5, 5.41) is 0. The van der Waals surface area contributed by atoms with Crippen molar-refractivity contribution in [3.8, 4) is 11.5 Å². The molecular weight excluding hydrogens is 380 g/mol. The smallest absolute Gasteiger partial charge is 0.260 e. The molecule has 2 amide bonds. The van der Waals surface area contributed by atoms with Crippen LogP contribution in [-0.4, -0.2) is 61.0 Å². The molecule has 0 bridgehead atoms. The predicted octanol–water partition coefficient (Wildman–Crippen LogP) is 3.21. The Bertz CT molecular complexity index is 846. The Morgan fingerprint density at radius 2 is 1.47 bits per heavy atom. The molecule has 0 aliphatic carbocycles. The summed E-state index contributed by atoms with van der Waals surface area (Å²) < 4.78 is 11.3. The van der Waals surface area contributed by atoms with Crippen LogP contribution in [0.15, 0.2) is 48.5 Å². The molecular formula is C24H30N2O4. The van der Waals surface area contributed by atoms with Gasteiger partial charge in [0.25, 0.3) is 5.91 Å². The van der Waals surface area contributed by atoms with Crippen LogP contribution < -0.4 is 9.47 Å². The third-order valence-corrected chi connectivity index (χ3v) is 5.37. The van der Waals surface area contributed by atoms with Gasteiger partial charge < -0.3 is 19.3 Å². The second-order valence-electron chi connectivity index (χ2n) is 7.56. The molecule has 0 spiro atoms. The summed E-state index contributed by atoms with van der Waals surface area (Å²) in [6.45, 7) is 6.82. The van der Waals surface area contributed by atoms with Gasteiger partial charge in [-0.3, -0.25) is 9.59 Å². The number of aryl methyl sites for hydroxylation is 2. The van der Waals surface area contributed by atoms with Gasteiger partial charge in [0.15, 0.2) is 6.61 Å². The van der Waals surface area contributed by atoms with E-state index in [1.54, 1.807) is 4.90 Å². The minimum Gasteiger partial charge on any atom is -0.494 e. The number of hydrogen-bond acceptors (Lipinski definition) is 4. The summed E-state index contributed by atoms with van der Waals surface area (Å²) in [5.74, 6) is 1.60. The van der Waals surface area contributed by atoms with E-state index in [9.17, 15) is 9.59 Å². The standard InChI is InChI=1S/C24H30N2O4/c1-19-10-11-22(17-20(19)2)30-18-24(28)26-14-12-25(13-15-26)23(27)9-6-16-29-21-7-4-3-5-8-21/h3-5,7-8,10-11,17H,6,9,12-16,18H2,1-2H3. The molecule has 0 aromatic heterocycles. The van der Waals surface area contributed by atoms with E-state index >= 15 is 0 Å². The Labute approximate surface area is 178 Å². The van der Waals surface area contributed by atoms with E-state index in [1.165, 1.54) is 5.56 Å². The van der Waals surface area contributed by atoms with Gasteiger partial charge >= 0.3 is 0 Å². The molecule has 2 aromatic carbocycles. The molecule has 0 saturated carbocycles. The number of ether oxygens (including phenoxy) is 2. The average molecular weight is 411 g/mol. The Morgan fingerprint density at radius 3 is 2.13 bits per heavy atom. The van der Waals surface area contributed by atoms with Gasteiger partial charge in [0.1, 0.15) is 11.5 Å². The van der Waals surface area contributed by atoms with Gasteiger partial charge in [0, 0.05) is 32.6 Å². The van der Waals surface area contributed by atoms with E-state index in [1.807, 2.05) is 67.3 Å². The van der Waals surface area contributed by atoms with Crippen LogP contribution in [0.2, 0.25) is 0 Å². The number of benzene rings is 2. The van der Waals surface area contributed by atoms with Gasteiger partial charge in [-0.1, -0.05) is 24.3 Å². The fourth-order valence-corrected chi connectivity index (χ4v) is 3.33. The first-order valence-corrected chi connectivity index (χ1v) is 10.5. The van der Waals surface area contributed by atoms with Crippen molar-refractivity contribution in [3.05, 3.63) is 59.7 Å². The first-order valence-electron chi connectivity index (χ1n) is 10.5. The minimum atomic E-state index is -0.0448. The van der Waals surface area contributed by atoms with Crippen molar-refractivity contribution in [3.63, 3.8) is 0 Å². The number of nitrogens with zero attached hydrogens (tertiary/aromatic N) is 2. The van der Waals surface area contributed by atoms with E-state index in [0.29, 0.717) is 51.4 Å². The number of para-hydroxylation sites is 1. The Morgan fingerprint density at radius 1 is 0.800 bits per heavy atom. The lowest BCUT2D eigenvalue weighted by molar-refractivity contribution is -0.140.